The summed E-state index contributed by atoms with van der Waals surface area (Å²) in [7, 11) is 0. The van der Waals surface area contributed by atoms with E-state index < -0.39 is 0 Å². The number of nitrogens with one attached hydrogen (secondary N) is 3. The van der Waals surface area contributed by atoms with Gasteiger partial charge in [-0.15, -0.1) is 0 Å². The highest BCUT2D eigenvalue weighted by molar-refractivity contribution is 6.31. The summed E-state index contributed by atoms with van der Waals surface area (Å²) in [5.74, 6) is 0. The minimum atomic E-state index is 0.598. The molecule has 0 unspecified atom stereocenters. The van der Waals surface area contributed by atoms with Crippen molar-refractivity contribution in [3.63, 3.8) is 0 Å². The SMILES string of the molecule is NCCc1cc(Nc2cn[nH]c2)cc2c1[nH]c1ccc(Cl)cc12. The van der Waals surface area contributed by atoms with E-state index >= 15 is 0 Å². The van der Waals surface area contributed by atoms with Crippen molar-refractivity contribution in [3.8, 4) is 0 Å². The predicted molar refractivity (Wildman–Crippen MR) is 95.4 cm³/mol. The first-order chi connectivity index (χ1) is 11.2. The van der Waals surface area contributed by atoms with Crippen LogP contribution in [0.25, 0.3) is 21.8 Å². The third kappa shape index (κ3) is 2.54. The molecule has 5 nitrogen and oxygen atoms in total. The van der Waals surface area contributed by atoms with Crippen LogP contribution in [0.5, 0.6) is 0 Å². The molecule has 23 heavy (non-hydrogen) atoms. The fraction of sp³-hybridized carbons (Fsp3) is 0.118. The zero-order valence-corrected chi connectivity index (χ0v) is 13.1. The van der Waals surface area contributed by atoms with Crippen molar-refractivity contribution >= 4 is 44.8 Å². The summed E-state index contributed by atoms with van der Waals surface area (Å²) in [4.78, 5) is 3.48. The van der Waals surface area contributed by atoms with Gasteiger partial charge in [0.25, 0.3) is 0 Å². The Hall–Kier alpha value is -2.50. The molecule has 5 N–H and O–H groups in total. The van der Waals surface area contributed by atoms with Gasteiger partial charge in [-0.2, -0.15) is 5.10 Å². The number of halogens is 1. The molecule has 0 amide bonds. The van der Waals surface area contributed by atoms with Gasteiger partial charge in [0.1, 0.15) is 0 Å². The molecule has 2 aromatic carbocycles. The maximum atomic E-state index is 6.17. The molecule has 0 radical (unpaired) electrons. The van der Waals surface area contributed by atoms with E-state index in [4.69, 9.17) is 17.3 Å². The number of aromatic amines is 2. The van der Waals surface area contributed by atoms with Crippen LogP contribution in [0.15, 0.2) is 42.7 Å². The van der Waals surface area contributed by atoms with E-state index in [9.17, 15) is 0 Å². The molecule has 4 aromatic rings. The summed E-state index contributed by atoms with van der Waals surface area (Å²) in [6.45, 7) is 0.598. The van der Waals surface area contributed by atoms with E-state index in [1.165, 1.54) is 5.56 Å². The molecule has 0 aliphatic carbocycles. The topological polar surface area (TPSA) is 82.5 Å². The van der Waals surface area contributed by atoms with Crippen LogP contribution < -0.4 is 11.1 Å². The Morgan fingerprint density at radius 1 is 1.13 bits per heavy atom. The normalized spacial score (nSPS) is 11.4. The van der Waals surface area contributed by atoms with Crippen LogP contribution in [0.1, 0.15) is 5.56 Å². The average molecular weight is 326 g/mol. The van der Waals surface area contributed by atoms with Gasteiger partial charge in [-0.1, -0.05) is 11.6 Å². The smallest absolute Gasteiger partial charge is 0.0767 e. The fourth-order valence-corrected chi connectivity index (χ4v) is 3.13. The number of hydrogen-bond donors (Lipinski definition) is 4. The summed E-state index contributed by atoms with van der Waals surface area (Å²) in [5.41, 5.74) is 11.1. The molecule has 0 saturated heterocycles. The fourth-order valence-electron chi connectivity index (χ4n) is 2.96. The van der Waals surface area contributed by atoms with E-state index in [0.29, 0.717) is 6.54 Å². The number of anilines is 2. The van der Waals surface area contributed by atoms with Crippen molar-refractivity contribution in [3.05, 3.63) is 53.3 Å². The largest absolute Gasteiger partial charge is 0.354 e. The molecule has 0 aliphatic rings. The minimum absolute atomic E-state index is 0.598. The van der Waals surface area contributed by atoms with E-state index in [0.717, 1.165) is 44.6 Å². The number of hydrogen-bond acceptors (Lipinski definition) is 3. The van der Waals surface area contributed by atoms with Crippen LogP contribution in [-0.2, 0) is 6.42 Å². The standard InChI is InChI=1S/C17H16ClN5/c18-11-1-2-16-14(6-11)15-7-12(22-13-8-20-21-9-13)5-10(3-4-19)17(15)23-16/h1-2,5-9,22-23H,3-4,19H2,(H,20,21). The molecule has 0 spiro atoms. The number of aromatic nitrogens is 3. The Morgan fingerprint density at radius 2 is 2.04 bits per heavy atom. The lowest BCUT2D eigenvalue weighted by Gasteiger charge is -2.08. The second-order valence-electron chi connectivity index (χ2n) is 5.52. The summed E-state index contributed by atoms with van der Waals surface area (Å²) in [5, 5.41) is 13.1. The lowest BCUT2D eigenvalue weighted by Crippen LogP contribution is -2.03. The molecular weight excluding hydrogens is 310 g/mol. The minimum Gasteiger partial charge on any atom is -0.354 e. The lowest BCUT2D eigenvalue weighted by atomic mass is 10.0. The highest BCUT2D eigenvalue weighted by atomic mass is 35.5. The van der Waals surface area contributed by atoms with Crippen molar-refractivity contribution in [2.75, 3.05) is 11.9 Å². The van der Waals surface area contributed by atoms with Crippen LogP contribution in [0.4, 0.5) is 11.4 Å². The van der Waals surface area contributed by atoms with Crippen molar-refractivity contribution in [1.29, 1.82) is 0 Å². The molecule has 2 aromatic heterocycles. The highest BCUT2D eigenvalue weighted by Gasteiger charge is 2.11. The quantitative estimate of drug-likeness (QED) is 0.458. The number of fused-ring (bicyclic) bond motifs is 3. The lowest BCUT2D eigenvalue weighted by molar-refractivity contribution is 0.975. The van der Waals surface area contributed by atoms with Crippen LogP contribution in [0.2, 0.25) is 5.02 Å². The predicted octanol–water partition coefficient (Wildman–Crippen LogP) is 3.94. The molecule has 0 atom stereocenters. The Kier molecular flexibility index (Phi) is 3.44. The molecule has 0 aliphatic heterocycles. The maximum Gasteiger partial charge on any atom is 0.0767 e. The average Bonchev–Trinajstić information content (AvgIpc) is 3.16. The Labute approximate surface area is 137 Å². The number of benzene rings is 2. The number of rotatable bonds is 4. The van der Waals surface area contributed by atoms with Crippen molar-refractivity contribution in [2.24, 2.45) is 5.73 Å². The van der Waals surface area contributed by atoms with E-state index in [1.807, 2.05) is 24.4 Å². The second-order valence-corrected chi connectivity index (χ2v) is 5.96. The summed E-state index contributed by atoms with van der Waals surface area (Å²) in [6.07, 6.45) is 4.37. The van der Waals surface area contributed by atoms with Crippen molar-refractivity contribution < 1.29 is 0 Å². The van der Waals surface area contributed by atoms with E-state index in [1.54, 1.807) is 6.20 Å². The molecule has 4 rings (SSSR count). The number of nitrogens with two attached hydrogens (primary N) is 1. The van der Waals surface area contributed by atoms with Gasteiger partial charge in [0.05, 0.1) is 11.9 Å². The van der Waals surface area contributed by atoms with Crippen LogP contribution in [-0.4, -0.2) is 21.7 Å². The van der Waals surface area contributed by atoms with Gasteiger partial charge in [0, 0.05) is 38.7 Å². The van der Waals surface area contributed by atoms with Crippen LogP contribution >= 0.6 is 11.6 Å². The molecule has 0 bridgehead atoms. The molecule has 116 valence electrons. The van der Waals surface area contributed by atoms with Gasteiger partial charge in [0.15, 0.2) is 0 Å². The number of nitrogens with zero attached hydrogens (tertiary/aromatic N) is 1. The third-order valence-electron chi connectivity index (χ3n) is 3.95. The second kappa shape index (κ2) is 5.61. The zero-order chi connectivity index (χ0) is 15.8. The van der Waals surface area contributed by atoms with Gasteiger partial charge >= 0.3 is 0 Å². The molecule has 0 fully saturated rings. The monoisotopic (exact) mass is 325 g/mol. The highest BCUT2D eigenvalue weighted by Crippen LogP contribution is 2.33. The van der Waals surface area contributed by atoms with E-state index in [-0.39, 0.29) is 0 Å². The van der Waals surface area contributed by atoms with Gasteiger partial charge in [-0.3, -0.25) is 5.10 Å². The van der Waals surface area contributed by atoms with E-state index in [2.05, 4.69) is 32.6 Å². The van der Waals surface area contributed by atoms with Gasteiger partial charge in [0.2, 0.25) is 0 Å². The van der Waals surface area contributed by atoms with Crippen LogP contribution in [0, 0.1) is 0 Å². The molecule has 2 heterocycles. The summed E-state index contributed by atoms with van der Waals surface area (Å²) >= 11 is 6.17. The molecule has 0 saturated carbocycles. The summed E-state index contributed by atoms with van der Waals surface area (Å²) in [6, 6.07) is 10.1. The first kappa shape index (κ1) is 14.1. The Morgan fingerprint density at radius 3 is 2.83 bits per heavy atom. The van der Waals surface area contributed by atoms with Gasteiger partial charge < -0.3 is 16.0 Å². The van der Waals surface area contributed by atoms with Gasteiger partial charge in [-0.05, 0) is 48.9 Å². The first-order valence-electron chi connectivity index (χ1n) is 7.44. The van der Waals surface area contributed by atoms with Crippen LogP contribution in [0.3, 0.4) is 0 Å². The van der Waals surface area contributed by atoms with Crippen molar-refractivity contribution in [1.82, 2.24) is 15.2 Å². The third-order valence-corrected chi connectivity index (χ3v) is 4.19. The zero-order valence-electron chi connectivity index (χ0n) is 12.4. The molecule has 6 heteroatoms. The van der Waals surface area contributed by atoms with Gasteiger partial charge in [-0.25, -0.2) is 0 Å². The molecular formula is C17H16ClN5. The Bertz CT molecular complexity index is 972. The van der Waals surface area contributed by atoms with Crippen molar-refractivity contribution in [2.45, 2.75) is 6.42 Å². The first-order valence-corrected chi connectivity index (χ1v) is 7.82. The summed E-state index contributed by atoms with van der Waals surface area (Å²) < 4.78 is 0. The maximum absolute atomic E-state index is 6.17. The number of H-pyrrole nitrogens is 2. The Balaban J connectivity index is 1.94.